The van der Waals surface area contributed by atoms with Crippen molar-refractivity contribution in [1.82, 2.24) is 9.78 Å². The van der Waals surface area contributed by atoms with Crippen LogP contribution < -0.4 is 5.32 Å². The van der Waals surface area contributed by atoms with Gasteiger partial charge < -0.3 is 5.32 Å². The molecule has 4 rings (SSSR count). The van der Waals surface area contributed by atoms with Crippen LogP contribution in [-0.2, 0) is 4.79 Å². The molecule has 4 aromatic rings. The molecule has 0 bridgehead atoms. The molecule has 0 unspecified atom stereocenters. The molecule has 6 heteroatoms. The zero-order chi connectivity index (χ0) is 22.5. The Hall–Kier alpha value is -4.50. The minimum Gasteiger partial charge on any atom is -0.321 e. The van der Waals surface area contributed by atoms with Crippen LogP contribution in [0.25, 0.3) is 23.0 Å². The van der Waals surface area contributed by atoms with Crippen LogP contribution in [0.3, 0.4) is 0 Å². The summed E-state index contributed by atoms with van der Waals surface area (Å²) in [6.45, 7) is 1.95. The number of rotatable bonds is 5. The van der Waals surface area contributed by atoms with Gasteiger partial charge >= 0.3 is 0 Å². The maximum Gasteiger partial charge on any atom is 0.266 e. The lowest BCUT2D eigenvalue weighted by molar-refractivity contribution is -0.112. The predicted octanol–water partition coefficient (Wildman–Crippen LogP) is 5.53. The zero-order valence-electron chi connectivity index (χ0n) is 17.3. The number of anilines is 1. The van der Waals surface area contributed by atoms with Gasteiger partial charge in [0.1, 0.15) is 17.5 Å². The van der Waals surface area contributed by atoms with Crippen molar-refractivity contribution in [2.24, 2.45) is 0 Å². The van der Waals surface area contributed by atoms with Crippen molar-refractivity contribution in [3.8, 4) is 23.0 Å². The average Bonchev–Trinajstić information content (AvgIpc) is 3.24. The molecular formula is C26H19FN4O. The van der Waals surface area contributed by atoms with E-state index in [0.717, 1.165) is 11.3 Å². The van der Waals surface area contributed by atoms with Gasteiger partial charge in [-0.15, -0.1) is 0 Å². The molecule has 32 heavy (non-hydrogen) atoms. The Morgan fingerprint density at radius 1 is 1.03 bits per heavy atom. The second-order valence-electron chi connectivity index (χ2n) is 7.21. The maximum atomic E-state index is 13.4. The number of aryl methyl sites for hydroxylation is 1. The molecule has 0 fully saturated rings. The van der Waals surface area contributed by atoms with Crippen molar-refractivity contribution in [2.75, 3.05) is 5.32 Å². The highest BCUT2D eigenvalue weighted by molar-refractivity contribution is 6.10. The van der Waals surface area contributed by atoms with Gasteiger partial charge in [-0.05, 0) is 61.5 Å². The van der Waals surface area contributed by atoms with Crippen LogP contribution in [0.5, 0.6) is 0 Å². The topological polar surface area (TPSA) is 70.7 Å². The van der Waals surface area contributed by atoms with Crippen LogP contribution >= 0.6 is 0 Å². The summed E-state index contributed by atoms with van der Waals surface area (Å²) in [5.41, 5.74) is 4.18. The summed E-state index contributed by atoms with van der Waals surface area (Å²) in [6, 6.07) is 24.7. The number of hydrogen-bond acceptors (Lipinski definition) is 3. The highest BCUT2D eigenvalue weighted by atomic mass is 19.1. The third kappa shape index (κ3) is 4.63. The number of amides is 1. The fraction of sp³-hybridized carbons (Fsp3) is 0.0385. The molecule has 1 aromatic heterocycles. The first-order valence-electron chi connectivity index (χ1n) is 9.94. The monoisotopic (exact) mass is 422 g/mol. The molecule has 0 atom stereocenters. The van der Waals surface area contributed by atoms with E-state index < -0.39 is 5.91 Å². The van der Waals surface area contributed by atoms with E-state index in [-0.39, 0.29) is 11.4 Å². The quantitative estimate of drug-likeness (QED) is 0.339. The molecule has 0 aliphatic rings. The van der Waals surface area contributed by atoms with Crippen LogP contribution in [0.15, 0.2) is 90.6 Å². The van der Waals surface area contributed by atoms with Crippen molar-refractivity contribution in [1.29, 1.82) is 5.26 Å². The van der Waals surface area contributed by atoms with E-state index in [4.69, 9.17) is 0 Å². The molecule has 1 N–H and O–H groups in total. The van der Waals surface area contributed by atoms with Crippen molar-refractivity contribution in [3.05, 3.63) is 108 Å². The van der Waals surface area contributed by atoms with Gasteiger partial charge in [0.2, 0.25) is 0 Å². The summed E-state index contributed by atoms with van der Waals surface area (Å²) in [6.07, 6.45) is 3.24. The van der Waals surface area contributed by atoms with E-state index in [1.807, 2.05) is 55.5 Å². The molecule has 0 aliphatic carbocycles. The first-order chi connectivity index (χ1) is 15.5. The van der Waals surface area contributed by atoms with E-state index in [2.05, 4.69) is 10.4 Å². The Morgan fingerprint density at radius 3 is 2.38 bits per heavy atom. The third-order valence-corrected chi connectivity index (χ3v) is 4.86. The number of benzene rings is 3. The lowest BCUT2D eigenvalue weighted by atomic mass is 10.1. The van der Waals surface area contributed by atoms with Gasteiger partial charge in [0.15, 0.2) is 0 Å². The summed E-state index contributed by atoms with van der Waals surface area (Å²) in [7, 11) is 0. The van der Waals surface area contributed by atoms with Crippen molar-refractivity contribution in [3.63, 3.8) is 0 Å². The lowest BCUT2D eigenvalue weighted by Crippen LogP contribution is -2.13. The lowest BCUT2D eigenvalue weighted by Gasteiger charge is -2.05. The van der Waals surface area contributed by atoms with Crippen molar-refractivity contribution in [2.45, 2.75) is 6.92 Å². The maximum absolute atomic E-state index is 13.4. The highest BCUT2D eigenvalue weighted by Gasteiger charge is 2.15. The fourth-order valence-electron chi connectivity index (χ4n) is 3.18. The Balaban J connectivity index is 1.74. The van der Waals surface area contributed by atoms with Gasteiger partial charge in [-0.1, -0.05) is 35.9 Å². The normalized spacial score (nSPS) is 11.1. The fourth-order valence-corrected chi connectivity index (χ4v) is 3.18. The van der Waals surface area contributed by atoms with Crippen LogP contribution in [0.1, 0.15) is 11.1 Å². The summed E-state index contributed by atoms with van der Waals surface area (Å²) in [5.74, 6) is -0.877. The minimum absolute atomic E-state index is 0.0680. The number of carbonyl (C=O) groups is 1. The van der Waals surface area contributed by atoms with Gasteiger partial charge in [-0.3, -0.25) is 4.79 Å². The Labute approximate surface area is 185 Å². The highest BCUT2D eigenvalue weighted by Crippen LogP contribution is 2.26. The first kappa shape index (κ1) is 20.8. The van der Waals surface area contributed by atoms with Crippen LogP contribution in [0, 0.1) is 24.1 Å². The van der Waals surface area contributed by atoms with E-state index in [9.17, 15) is 14.4 Å². The van der Waals surface area contributed by atoms with Crippen LogP contribution in [-0.4, -0.2) is 15.7 Å². The van der Waals surface area contributed by atoms with E-state index in [0.29, 0.717) is 22.5 Å². The molecule has 3 aromatic carbocycles. The number of nitrogens with zero attached hydrogens (tertiary/aromatic N) is 3. The largest absolute Gasteiger partial charge is 0.321 e. The average molecular weight is 422 g/mol. The SMILES string of the molecule is Cc1ccc(NC(=O)/C(C#N)=C/c2cn(-c3ccccc3)nc2-c2ccc(F)cc2)cc1. The minimum atomic E-state index is -0.520. The van der Waals surface area contributed by atoms with Crippen LogP contribution in [0.4, 0.5) is 10.1 Å². The molecule has 156 valence electrons. The number of carbonyl (C=O) groups excluding carboxylic acids is 1. The summed E-state index contributed by atoms with van der Waals surface area (Å²) >= 11 is 0. The molecule has 1 heterocycles. The number of nitriles is 1. The smallest absolute Gasteiger partial charge is 0.266 e. The van der Waals surface area contributed by atoms with Gasteiger partial charge in [0.25, 0.3) is 5.91 Å². The van der Waals surface area contributed by atoms with Gasteiger partial charge in [-0.25, -0.2) is 9.07 Å². The Bertz CT molecular complexity index is 1320. The second-order valence-corrected chi connectivity index (χ2v) is 7.21. The molecular weight excluding hydrogens is 403 g/mol. The number of para-hydroxylation sites is 1. The third-order valence-electron chi connectivity index (χ3n) is 4.86. The van der Waals surface area contributed by atoms with Gasteiger partial charge in [0, 0.05) is 23.0 Å². The van der Waals surface area contributed by atoms with E-state index in [1.165, 1.54) is 18.2 Å². The summed E-state index contributed by atoms with van der Waals surface area (Å²) in [4.78, 5) is 12.7. The molecule has 0 saturated heterocycles. The molecule has 5 nitrogen and oxygen atoms in total. The Morgan fingerprint density at radius 2 is 1.72 bits per heavy atom. The molecule has 0 aliphatic heterocycles. The number of hydrogen-bond donors (Lipinski definition) is 1. The molecule has 0 saturated carbocycles. The summed E-state index contributed by atoms with van der Waals surface area (Å²) < 4.78 is 15.1. The second kappa shape index (κ2) is 9.11. The van der Waals surface area contributed by atoms with Crippen molar-refractivity contribution >= 4 is 17.7 Å². The molecule has 0 spiro atoms. The zero-order valence-corrected chi connectivity index (χ0v) is 17.3. The molecule has 1 amide bonds. The predicted molar refractivity (Wildman–Crippen MR) is 122 cm³/mol. The van der Waals surface area contributed by atoms with E-state index in [1.54, 1.807) is 35.1 Å². The number of nitrogens with one attached hydrogen (secondary N) is 1. The first-order valence-corrected chi connectivity index (χ1v) is 9.94. The molecule has 0 radical (unpaired) electrons. The van der Waals surface area contributed by atoms with Crippen molar-refractivity contribution < 1.29 is 9.18 Å². The number of halogens is 1. The van der Waals surface area contributed by atoms with Crippen LogP contribution in [0.2, 0.25) is 0 Å². The number of aromatic nitrogens is 2. The van der Waals surface area contributed by atoms with Gasteiger partial charge in [-0.2, -0.15) is 10.4 Å². The standard InChI is InChI=1S/C26H19FN4O/c1-18-7-13-23(14-8-18)29-26(32)20(16-28)15-21-17-31(24-5-3-2-4-6-24)30-25(21)19-9-11-22(27)12-10-19/h2-15,17H,1H3,(H,29,32)/b20-15+. The van der Waals surface area contributed by atoms with E-state index >= 15 is 0 Å². The van der Waals surface area contributed by atoms with Gasteiger partial charge in [0.05, 0.1) is 11.4 Å². The Kier molecular flexibility index (Phi) is 5.91. The summed E-state index contributed by atoms with van der Waals surface area (Å²) in [5, 5.41) is 17.0.